The van der Waals surface area contributed by atoms with Crippen LogP contribution in [0.3, 0.4) is 0 Å². The number of carbonyl (C=O) groups is 1. The molecule has 0 saturated carbocycles. The van der Waals surface area contributed by atoms with Gasteiger partial charge in [0, 0.05) is 36.5 Å². The van der Waals surface area contributed by atoms with Crippen molar-refractivity contribution < 1.29 is 9.53 Å². The lowest BCUT2D eigenvalue weighted by molar-refractivity contribution is 0.0754. The van der Waals surface area contributed by atoms with Crippen molar-refractivity contribution in [2.75, 3.05) is 19.5 Å². The monoisotopic (exact) mass is 442 g/mol. The molecule has 0 saturated heterocycles. The Morgan fingerprint density at radius 2 is 1.97 bits per heavy atom. The number of benzene rings is 1. The van der Waals surface area contributed by atoms with E-state index in [0.29, 0.717) is 33.7 Å². The molecular formula is C22H27ClN6O2. The highest BCUT2D eigenvalue weighted by Gasteiger charge is 2.17. The van der Waals surface area contributed by atoms with Gasteiger partial charge in [0.15, 0.2) is 0 Å². The van der Waals surface area contributed by atoms with Crippen LogP contribution in [0.4, 0.5) is 11.6 Å². The summed E-state index contributed by atoms with van der Waals surface area (Å²) >= 11 is 6.34. The quantitative estimate of drug-likeness (QED) is 0.565. The fourth-order valence-corrected chi connectivity index (χ4v) is 3.06. The molecule has 2 heterocycles. The molecule has 0 spiro atoms. The van der Waals surface area contributed by atoms with Crippen molar-refractivity contribution in [2.45, 2.75) is 39.8 Å². The standard InChI is InChI=1S/C22H27ClN6O2/c1-13(2)28(5)21(30)15-7-8-18(19(9-15)31-6)26-22-24-11-17(23)20(27-22)16-10-25-29(12-16)14(3)4/h7-14H,1-6H3,(H,24,26,27). The van der Waals surface area contributed by atoms with E-state index in [9.17, 15) is 4.79 Å². The zero-order chi connectivity index (χ0) is 22.7. The molecule has 3 aromatic rings. The van der Waals surface area contributed by atoms with E-state index in [2.05, 4.69) is 20.4 Å². The first-order valence-electron chi connectivity index (χ1n) is 10.0. The molecule has 0 bridgehead atoms. The van der Waals surface area contributed by atoms with E-state index in [1.165, 1.54) is 0 Å². The summed E-state index contributed by atoms with van der Waals surface area (Å²) in [6.07, 6.45) is 5.17. The third kappa shape index (κ3) is 4.96. The molecule has 3 rings (SSSR count). The van der Waals surface area contributed by atoms with E-state index in [1.807, 2.05) is 38.6 Å². The summed E-state index contributed by atoms with van der Waals surface area (Å²) in [7, 11) is 3.32. The SMILES string of the molecule is COc1cc(C(=O)N(C)C(C)C)ccc1Nc1ncc(Cl)c(-c2cnn(C(C)C)c2)n1. The van der Waals surface area contributed by atoms with Crippen molar-refractivity contribution in [3.05, 3.63) is 47.4 Å². The van der Waals surface area contributed by atoms with Gasteiger partial charge < -0.3 is 15.0 Å². The second-order valence-corrected chi connectivity index (χ2v) is 8.15. The maximum absolute atomic E-state index is 12.6. The van der Waals surface area contributed by atoms with Gasteiger partial charge in [-0.05, 0) is 45.9 Å². The number of amides is 1. The number of aromatic nitrogens is 4. The Morgan fingerprint density at radius 1 is 1.23 bits per heavy atom. The minimum absolute atomic E-state index is 0.0768. The van der Waals surface area contributed by atoms with Gasteiger partial charge in [0.2, 0.25) is 5.95 Å². The van der Waals surface area contributed by atoms with Crippen molar-refractivity contribution in [2.24, 2.45) is 0 Å². The first-order valence-corrected chi connectivity index (χ1v) is 10.4. The highest BCUT2D eigenvalue weighted by molar-refractivity contribution is 6.32. The summed E-state index contributed by atoms with van der Waals surface area (Å²) < 4.78 is 7.33. The fraction of sp³-hybridized carbons (Fsp3) is 0.364. The highest BCUT2D eigenvalue weighted by Crippen LogP contribution is 2.31. The Kier molecular flexibility index (Phi) is 6.80. The van der Waals surface area contributed by atoms with Crippen LogP contribution in [-0.4, -0.2) is 50.8 Å². The van der Waals surface area contributed by atoms with Crippen LogP contribution < -0.4 is 10.1 Å². The van der Waals surface area contributed by atoms with Crippen LogP contribution in [0.5, 0.6) is 5.75 Å². The van der Waals surface area contributed by atoms with Crippen molar-refractivity contribution in [3.63, 3.8) is 0 Å². The number of hydrogen-bond donors (Lipinski definition) is 1. The Hall–Kier alpha value is -3.13. The molecule has 0 radical (unpaired) electrons. The van der Waals surface area contributed by atoms with E-state index in [1.54, 1.807) is 49.7 Å². The molecule has 0 aliphatic rings. The second kappa shape index (κ2) is 9.34. The highest BCUT2D eigenvalue weighted by atomic mass is 35.5. The van der Waals surface area contributed by atoms with Gasteiger partial charge >= 0.3 is 0 Å². The number of nitrogens with one attached hydrogen (secondary N) is 1. The Bertz CT molecular complexity index is 1080. The van der Waals surface area contributed by atoms with Crippen molar-refractivity contribution >= 4 is 29.1 Å². The first-order chi connectivity index (χ1) is 14.7. The molecule has 164 valence electrons. The van der Waals surface area contributed by atoms with E-state index >= 15 is 0 Å². The minimum atomic E-state index is -0.0768. The number of anilines is 2. The van der Waals surface area contributed by atoms with Gasteiger partial charge in [-0.1, -0.05) is 11.6 Å². The van der Waals surface area contributed by atoms with Crippen LogP contribution in [0.25, 0.3) is 11.3 Å². The first kappa shape index (κ1) is 22.6. The predicted octanol–water partition coefficient (Wildman–Crippen LogP) is 4.81. The molecule has 31 heavy (non-hydrogen) atoms. The lowest BCUT2D eigenvalue weighted by Gasteiger charge is -2.22. The molecule has 0 fully saturated rings. The minimum Gasteiger partial charge on any atom is -0.495 e. The zero-order valence-corrected chi connectivity index (χ0v) is 19.3. The summed E-state index contributed by atoms with van der Waals surface area (Å²) in [6.45, 7) is 8.02. The molecule has 0 unspecified atom stereocenters. The summed E-state index contributed by atoms with van der Waals surface area (Å²) in [5.74, 6) is 0.788. The predicted molar refractivity (Wildman–Crippen MR) is 122 cm³/mol. The molecule has 1 N–H and O–H groups in total. The van der Waals surface area contributed by atoms with Crippen LogP contribution in [0.1, 0.15) is 44.1 Å². The second-order valence-electron chi connectivity index (χ2n) is 7.74. The lowest BCUT2D eigenvalue weighted by atomic mass is 10.1. The summed E-state index contributed by atoms with van der Waals surface area (Å²) in [5.41, 5.74) is 2.55. The molecule has 2 aromatic heterocycles. The maximum atomic E-state index is 12.6. The van der Waals surface area contributed by atoms with Crippen molar-refractivity contribution in [3.8, 4) is 17.0 Å². The van der Waals surface area contributed by atoms with Crippen molar-refractivity contribution in [1.29, 1.82) is 0 Å². The van der Waals surface area contributed by atoms with Gasteiger partial charge in [0.05, 0.1) is 35.9 Å². The van der Waals surface area contributed by atoms with Crippen LogP contribution >= 0.6 is 11.6 Å². The zero-order valence-electron chi connectivity index (χ0n) is 18.5. The molecule has 1 amide bonds. The topological polar surface area (TPSA) is 85.2 Å². The average molecular weight is 443 g/mol. The Morgan fingerprint density at radius 3 is 2.58 bits per heavy atom. The number of rotatable bonds is 7. The number of carbonyl (C=O) groups excluding carboxylic acids is 1. The summed E-state index contributed by atoms with van der Waals surface area (Å²) in [5, 5.41) is 7.93. The molecule has 1 aromatic carbocycles. The summed E-state index contributed by atoms with van der Waals surface area (Å²) in [6, 6.07) is 5.54. The fourth-order valence-electron chi connectivity index (χ4n) is 2.86. The lowest BCUT2D eigenvalue weighted by Crippen LogP contribution is -2.32. The molecule has 8 nitrogen and oxygen atoms in total. The van der Waals surface area contributed by atoms with Gasteiger partial charge in [0.25, 0.3) is 5.91 Å². The maximum Gasteiger partial charge on any atom is 0.253 e. The normalized spacial score (nSPS) is 11.1. The Labute approximate surface area is 187 Å². The number of halogens is 1. The van der Waals surface area contributed by atoms with Crippen LogP contribution in [0.15, 0.2) is 36.8 Å². The van der Waals surface area contributed by atoms with Crippen molar-refractivity contribution in [1.82, 2.24) is 24.6 Å². The van der Waals surface area contributed by atoms with Gasteiger partial charge in [-0.3, -0.25) is 9.48 Å². The van der Waals surface area contributed by atoms with Crippen LogP contribution in [0, 0.1) is 0 Å². The van der Waals surface area contributed by atoms with E-state index < -0.39 is 0 Å². The number of ether oxygens (including phenoxy) is 1. The molecule has 9 heteroatoms. The molecule has 0 aliphatic carbocycles. The largest absolute Gasteiger partial charge is 0.495 e. The van der Waals surface area contributed by atoms with Gasteiger partial charge in [-0.15, -0.1) is 0 Å². The van der Waals surface area contributed by atoms with Crippen LogP contribution in [-0.2, 0) is 0 Å². The van der Waals surface area contributed by atoms with E-state index in [-0.39, 0.29) is 18.0 Å². The van der Waals surface area contributed by atoms with Gasteiger partial charge in [-0.2, -0.15) is 5.10 Å². The number of nitrogens with zero attached hydrogens (tertiary/aromatic N) is 5. The van der Waals surface area contributed by atoms with Gasteiger partial charge in [0.1, 0.15) is 5.75 Å². The number of hydrogen-bond acceptors (Lipinski definition) is 6. The molecule has 0 aliphatic heterocycles. The average Bonchev–Trinajstić information content (AvgIpc) is 3.24. The Balaban J connectivity index is 1.89. The van der Waals surface area contributed by atoms with E-state index in [4.69, 9.17) is 16.3 Å². The smallest absolute Gasteiger partial charge is 0.253 e. The number of methoxy groups -OCH3 is 1. The third-order valence-electron chi connectivity index (χ3n) is 4.94. The molecular weight excluding hydrogens is 416 g/mol. The van der Waals surface area contributed by atoms with Crippen LogP contribution in [0.2, 0.25) is 5.02 Å². The summed E-state index contributed by atoms with van der Waals surface area (Å²) in [4.78, 5) is 23.1. The van der Waals surface area contributed by atoms with E-state index in [0.717, 1.165) is 5.56 Å². The third-order valence-corrected chi connectivity index (χ3v) is 5.21. The van der Waals surface area contributed by atoms with Gasteiger partial charge in [-0.25, -0.2) is 9.97 Å². The molecule has 0 atom stereocenters.